The number of carbonyl (C=O) groups excluding carboxylic acids is 1. The van der Waals surface area contributed by atoms with Crippen molar-refractivity contribution in [2.75, 3.05) is 37.6 Å². The molecule has 0 aliphatic carbocycles. The molecule has 2 N–H and O–H groups in total. The summed E-state index contributed by atoms with van der Waals surface area (Å²) in [5.74, 6) is 1.35. The number of sulfone groups is 1. The minimum absolute atomic E-state index is 0.0402. The number of methoxy groups -OCH3 is 2. The van der Waals surface area contributed by atoms with Crippen molar-refractivity contribution in [2.45, 2.75) is 18.9 Å². The van der Waals surface area contributed by atoms with Crippen molar-refractivity contribution in [3.8, 4) is 11.5 Å². The molecule has 1 saturated heterocycles. The number of amides is 1. The van der Waals surface area contributed by atoms with Gasteiger partial charge in [-0.05, 0) is 18.6 Å². The maximum absolute atomic E-state index is 11.9. The third-order valence-electron chi connectivity index (χ3n) is 3.67. The fourth-order valence-corrected chi connectivity index (χ4v) is 4.14. The number of rotatable bonds is 7. The summed E-state index contributed by atoms with van der Waals surface area (Å²) in [5.41, 5.74) is 0.768. The third kappa shape index (κ3) is 5.02. The Balaban J connectivity index is 1.79. The van der Waals surface area contributed by atoms with E-state index in [1.807, 2.05) is 6.07 Å². The van der Waals surface area contributed by atoms with Crippen LogP contribution >= 0.6 is 0 Å². The molecule has 0 spiro atoms. The lowest BCUT2D eigenvalue weighted by atomic mass is 10.2. The highest BCUT2D eigenvalue weighted by Gasteiger charge is 2.28. The maximum atomic E-state index is 11.9. The average Bonchev–Trinajstić information content (AvgIpc) is 2.86. The first kappa shape index (κ1) is 17.4. The first-order valence-electron chi connectivity index (χ1n) is 7.39. The van der Waals surface area contributed by atoms with E-state index in [1.165, 1.54) is 0 Å². The van der Waals surface area contributed by atoms with Crippen LogP contribution in [-0.4, -0.2) is 52.6 Å². The molecule has 0 saturated carbocycles. The lowest BCUT2D eigenvalue weighted by Gasteiger charge is -2.13. The Hall–Kier alpha value is -1.96. The van der Waals surface area contributed by atoms with Gasteiger partial charge >= 0.3 is 0 Å². The number of nitrogens with one attached hydrogen (secondary N) is 2. The Labute approximate surface area is 136 Å². The highest BCUT2D eigenvalue weighted by Crippen LogP contribution is 2.28. The van der Waals surface area contributed by atoms with Crippen LogP contribution in [-0.2, 0) is 14.6 Å². The fraction of sp³-hybridized carbons (Fsp3) is 0.533. The van der Waals surface area contributed by atoms with Gasteiger partial charge in [-0.1, -0.05) is 0 Å². The molecule has 23 heavy (non-hydrogen) atoms. The molecule has 0 aromatic heterocycles. The predicted molar refractivity (Wildman–Crippen MR) is 87.9 cm³/mol. The van der Waals surface area contributed by atoms with E-state index in [1.54, 1.807) is 26.4 Å². The molecule has 0 bridgehead atoms. The lowest BCUT2D eigenvalue weighted by molar-refractivity contribution is -0.121. The van der Waals surface area contributed by atoms with E-state index in [0.717, 1.165) is 5.69 Å². The predicted octanol–water partition coefficient (Wildman–Crippen LogP) is 0.809. The number of anilines is 1. The van der Waals surface area contributed by atoms with Crippen LogP contribution in [0.1, 0.15) is 12.8 Å². The molecule has 1 aliphatic rings. The zero-order valence-electron chi connectivity index (χ0n) is 13.3. The van der Waals surface area contributed by atoms with E-state index >= 15 is 0 Å². The second-order valence-corrected chi connectivity index (χ2v) is 7.64. The summed E-state index contributed by atoms with van der Waals surface area (Å²) in [6, 6.07) is 5.11. The van der Waals surface area contributed by atoms with Crippen molar-refractivity contribution < 1.29 is 22.7 Å². The molecule has 1 unspecified atom stereocenters. The van der Waals surface area contributed by atoms with Crippen molar-refractivity contribution in [3.63, 3.8) is 0 Å². The van der Waals surface area contributed by atoms with Crippen LogP contribution in [0.15, 0.2) is 18.2 Å². The van der Waals surface area contributed by atoms with Crippen LogP contribution in [0.4, 0.5) is 5.69 Å². The largest absolute Gasteiger partial charge is 0.497 e. The molecule has 1 aromatic carbocycles. The monoisotopic (exact) mass is 342 g/mol. The zero-order chi connectivity index (χ0) is 16.9. The Morgan fingerprint density at radius 1 is 1.30 bits per heavy atom. The SMILES string of the molecule is COc1ccc(NCCC(=O)NC2CCS(=O)(=O)C2)c(OC)c1. The van der Waals surface area contributed by atoms with Crippen LogP contribution in [0.2, 0.25) is 0 Å². The summed E-state index contributed by atoms with van der Waals surface area (Å²) < 4.78 is 33.1. The molecular weight excluding hydrogens is 320 g/mol. The van der Waals surface area contributed by atoms with Gasteiger partial charge in [0.25, 0.3) is 0 Å². The zero-order valence-corrected chi connectivity index (χ0v) is 14.1. The first-order chi connectivity index (χ1) is 10.9. The molecule has 0 radical (unpaired) electrons. The molecule has 2 rings (SSSR count). The second kappa shape index (κ2) is 7.54. The second-order valence-electron chi connectivity index (χ2n) is 5.41. The topological polar surface area (TPSA) is 93.7 Å². The number of carbonyl (C=O) groups is 1. The van der Waals surface area contributed by atoms with Gasteiger partial charge < -0.3 is 20.1 Å². The summed E-state index contributed by atoms with van der Waals surface area (Å²) in [6.07, 6.45) is 0.750. The standard InChI is InChI=1S/C15H22N2O5S/c1-21-12-3-4-13(14(9-12)22-2)16-7-5-15(18)17-11-6-8-23(19,20)10-11/h3-4,9,11,16H,5-8,10H2,1-2H3,(H,17,18). The molecule has 128 valence electrons. The molecule has 1 aromatic rings. The Morgan fingerprint density at radius 2 is 2.09 bits per heavy atom. The van der Waals surface area contributed by atoms with E-state index < -0.39 is 9.84 Å². The quantitative estimate of drug-likeness (QED) is 0.762. The summed E-state index contributed by atoms with van der Waals surface area (Å²) in [7, 11) is 0.163. The van der Waals surface area contributed by atoms with Gasteiger partial charge in [-0.2, -0.15) is 0 Å². The van der Waals surface area contributed by atoms with Gasteiger partial charge in [0.05, 0.1) is 31.4 Å². The molecule has 8 heteroatoms. The summed E-state index contributed by atoms with van der Waals surface area (Å²) in [5, 5.41) is 5.89. The fourth-order valence-electron chi connectivity index (χ4n) is 2.46. The van der Waals surface area contributed by atoms with Gasteiger partial charge in [-0.25, -0.2) is 8.42 Å². The van der Waals surface area contributed by atoms with E-state index in [0.29, 0.717) is 24.5 Å². The Bertz CT molecular complexity index is 660. The highest BCUT2D eigenvalue weighted by molar-refractivity contribution is 7.91. The van der Waals surface area contributed by atoms with Crippen molar-refractivity contribution >= 4 is 21.4 Å². The Kier molecular flexibility index (Phi) is 5.70. The van der Waals surface area contributed by atoms with Crippen molar-refractivity contribution in [1.82, 2.24) is 5.32 Å². The van der Waals surface area contributed by atoms with Crippen LogP contribution in [0, 0.1) is 0 Å². The van der Waals surface area contributed by atoms with E-state index in [9.17, 15) is 13.2 Å². The normalized spacial score (nSPS) is 19.1. The molecule has 1 amide bonds. The first-order valence-corrected chi connectivity index (χ1v) is 9.21. The third-order valence-corrected chi connectivity index (χ3v) is 5.44. The van der Waals surface area contributed by atoms with E-state index in [-0.39, 0.29) is 29.9 Å². The van der Waals surface area contributed by atoms with Crippen LogP contribution in [0.5, 0.6) is 11.5 Å². The minimum atomic E-state index is -2.98. The van der Waals surface area contributed by atoms with E-state index in [2.05, 4.69) is 10.6 Å². The minimum Gasteiger partial charge on any atom is -0.497 e. The van der Waals surface area contributed by atoms with Gasteiger partial charge in [-0.15, -0.1) is 0 Å². The van der Waals surface area contributed by atoms with Gasteiger partial charge in [-0.3, -0.25) is 4.79 Å². The van der Waals surface area contributed by atoms with Crippen LogP contribution in [0.3, 0.4) is 0 Å². The number of benzene rings is 1. The Morgan fingerprint density at radius 3 is 2.70 bits per heavy atom. The molecule has 1 aliphatic heterocycles. The molecular formula is C15H22N2O5S. The van der Waals surface area contributed by atoms with Crippen molar-refractivity contribution in [3.05, 3.63) is 18.2 Å². The highest BCUT2D eigenvalue weighted by atomic mass is 32.2. The van der Waals surface area contributed by atoms with Crippen molar-refractivity contribution in [1.29, 1.82) is 0 Å². The summed E-state index contributed by atoms with van der Waals surface area (Å²) >= 11 is 0. The average molecular weight is 342 g/mol. The van der Waals surface area contributed by atoms with Gasteiger partial charge in [0.2, 0.25) is 5.91 Å². The van der Waals surface area contributed by atoms with E-state index in [4.69, 9.17) is 9.47 Å². The molecule has 1 heterocycles. The number of hydrogen-bond acceptors (Lipinski definition) is 6. The summed E-state index contributed by atoms with van der Waals surface area (Å²) in [6.45, 7) is 0.425. The maximum Gasteiger partial charge on any atom is 0.222 e. The molecule has 7 nitrogen and oxygen atoms in total. The van der Waals surface area contributed by atoms with Crippen LogP contribution in [0.25, 0.3) is 0 Å². The van der Waals surface area contributed by atoms with Crippen LogP contribution < -0.4 is 20.1 Å². The smallest absolute Gasteiger partial charge is 0.222 e. The molecule has 1 fully saturated rings. The van der Waals surface area contributed by atoms with Gasteiger partial charge in [0, 0.05) is 25.1 Å². The summed E-state index contributed by atoms with van der Waals surface area (Å²) in [4.78, 5) is 11.9. The molecule has 1 atom stereocenters. The number of ether oxygens (including phenoxy) is 2. The van der Waals surface area contributed by atoms with Gasteiger partial charge in [0.15, 0.2) is 9.84 Å². The number of hydrogen-bond donors (Lipinski definition) is 2. The van der Waals surface area contributed by atoms with Crippen molar-refractivity contribution in [2.24, 2.45) is 0 Å². The van der Waals surface area contributed by atoms with Gasteiger partial charge in [0.1, 0.15) is 11.5 Å². The lowest BCUT2D eigenvalue weighted by Crippen LogP contribution is -2.36.